The quantitative estimate of drug-likeness (QED) is 0.0114. The van der Waals surface area contributed by atoms with Gasteiger partial charge in [-0.15, -0.1) is 4.68 Å². The number of nitrogens with two attached hydrogens (primary N) is 2. The molecule has 0 aliphatic carbocycles. The molecule has 0 unspecified atom stereocenters. The Morgan fingerprint density at radius 2 is 1.30 bits per heavy atom. The zero-order valence-corrected chi connectivity index (χ0v) is 81.4. The van der Waals surface area contributed by atoms with E-state index in [9.17, 15) is 28.2 Å². The van der Waals surface area contributed by atoms with E-state index in [2.05, 4.69) is 218 Å². The lowest BCUT2D eigenvalue weighted by Gasteiger charge is -2.42. The smallest absolute Gasteiger partial charge is 0.274 e. The summed E-state index contributed by atoms with van der Waals surface area (Å²) in [6.07, 6.45) is 23.2. The van der Waals surface area contributed by atoms with Crippen molar-refractivity contribution in [2.75, 3.05) is 98.4 Å². The number of aromatic nitrogens is 4. The molecule has 0 aromatic carbocycles. The minimum atomic E-state index is -3.54. The van der Waals surface area contributed by atoms with Crippen molar-refractivity contribution >= 4 is 56.6 Å². The highest BCUT2D eigenvalue weighted by Gasteiger charge is 2.37. The number of Topliss-reactive ketones (excluding diaryl/α,β-unsaturated/α-hetero) is 2. The number of ketones is 2. The monoisotopic (exact) mass is 1700 g/mol. The zero-order valence-electron chi connectivity index (χ0n) is 79.7. The van der Waals surface area contributed by atoms with Crippen molar-refractivity contribution in [1.82, 2.24) is 49.6 Å². The number of thioether (sulfide) groups is 1. The number of aliphatic hydroxyl groups is 3. The Hall–Kier alpha value is -4.22. The lowest BCUT2D eigenvalue weighted by atomic mass is 9.84. The summed E-state index contributed by atoms with van der Waals surface area (Å²) in [4.78, 5) is 38.6. The Balaban J connectivity index is 0.00000130. The van der Waals surface area contributed by atoms with Gasteiger partial charge in [-0.3, -0.25) is 25.4 Å². The summed E-state index contributed by atoms with van der Waals surface area (Å²) in [5.41, 5.74) is 4.41. The van der Waals surface area contributed by atoms with Crippen molar-refractivity contribution in [3.05, 3.63) is 44.1 Å². The molecule has 2 aromatic rings. The van der Waals surface area contributed by atoms with Gasteiger partial charge in [0.1, 0.15) is 17.7 Å². The molecule has 8 aliphatic heterocycles. The van der Waals surface area contributed by atoms with Gasteiger partial charge in [-0.05, 0) is 186 Å². The fourth-order valence-corrected chi connectivity index (χ4v) is 16.0. The second kappa shape index (κ2) is 61.2. The van der Waals surface area contributed by atoms with Crippen molar-refractivity contribution in [3.8, 4) is 0 Å². The van der Waals surface area contributed by atoms with E-state index in [1.165, 1.54) is 81.4 Å². The summed E-state index contributed by atoms with van der Waals surface area (Å²) in [6.45, 7) is 64.1. The number of carbonyl (C=O) groups is 2. The Kier molecular flexibility index (Phi) is 59.0. The van der Waals surface area contributed by atoms with E-state index in [1.807, 2.05) is 43.9 Å². The highest BCUT2D eigenvalue weighted by molar-refractivity contribution is 8.14. The van der Waals surface area contributed by atoms with Gasteiger partial charge in [0.15, 0.2) is 23.7 Å². The Morgan fingerprint density at radius 3 is 1.73 bits per heavy atom. The van der Waals surface area contributed by atoms with E-state index in [-0.39, 0.29) is 44.2 Å². The third kappa shape index (κ3) is 48.7. The minimum Gasteiger partial charge on any atom is -0.396 e. The van der Waals surface area contributed by atoms with Crippen LogP contribution >= 0.6 is 11.8 Å². The van der Waals surface area contributed by atoms with E-state index in [1.54, 1.807) is 13.8 Å². The molecule has 0 amide bonds. The first kappa shape index (κ1) is 114. The van der Waals surface area contributed by atoms with Crippen LogP contribution in [0.5, 0.6) is 0 Å². The van der Waals surface area contributed by atoms with Crippen LogP contribution in [0.3, 0.4) is 0 Å². The van der Waals surface area contributed by atoms with Gasteiger partial charge in [-0.25, -0.2) is 14.8 Å². The molecule has 24 nitrogen and oxygen atoms in total. The summed E-state index contributed by atoms with van der Waals surface area (Å²) >= 11 is 1.92. The first-order chi connectivity index (χ1) is 54.8. The van der Waals surface area contributed by atoms with Crippen LogP contribution in [0.1, 0.15) is 261 Å². The molecule has 2 aromatic heterocycles. The number of rotatable bonds is 30. The summed E-state index contributed by atoms with van der Waals surface area (Å²) < 4.78 is 30.5. The summed E-state index contributed by atoms with van der Waals surface area (Å²) in [7, 11) is 0.276. The Morgan fingerprint density at radius 1 is 0.720 bits per heavy atom. The van der Waals surface area contributed by atoms with E-state index in [4.69, 9.17) is 32.2 Å². The van der Waals surface area contributed by atoms with Gasteiger partial charge in [0.2, 0.25) is 0 Å². The molecule has 26 heteroatoms. The maximum absolute atomic E-state index is 11.8. The molecule has 0 spiro atoms. The molecule has 690 valence electrons. The second-order valence-corrected chi connectivity index (χ2v) is 41.5. The van der Waals surface area contributed by atoms with Gasteiger partial charge in [0, 0.05) is 146 Å². The number of likely N-dealkylation sites (tertiary alicyclic amines) is 2. The van der Waals surface area contributed by atoms with E-state index >= 15 is 0 Å². The van der Waals surface area contributed by atoms with E-state index in [0.717, 1.165) is 181 Å². The number of unbranched alkanes of at least 4 members (excludes halogenated alkanes) is 1. The van der Waals surface area contributed by atoms with Crippen LogP contribution in [0, 0.1) is 130 Å². The number of nitrogens with zero attached hydrogens (tertiary/aromatic N) is 8. The number of nitrogens with one attached hydrogen (secondary N) is 7. The van der Waals surface area contributed by atoms with Gasteiger partial charge < -0.3 is 69.1 Å². The van der Waals surface area contributed by atoms with Crippen LogP contribution in [-0.2, 0) is 45.9 Å². The first-order valence-corrected chi connectivity index (χ1v) is 48.0. The fraction of sp³-hybridized carbons (Fsp3) is 0.859. The molecule has 10 rings (SSSR count). The molecule has 0 radical (unpaired) electrons. The molecular formula is C92H183N17O7S2. The Labute approximate surface area is 726 Å². The largest absolute Gasteiger partial charge is 0.396 e. The highest BCUT2D eigenvalue weighted by Crippen LogP contribution is 2.31. The average molecular weight is 1700 g/mol. The molecule has 0 bridgehead atoms. The number of amidine groups is 3. The third-order valence-electron chi connectivity index (χ3n) is 24.0. The van der Waals surface area contributed by atoms with Crippen molar-refractivity contribution in [2.24, 2.45) is 122 Å². The van der Waals surface area contributed by atoms with Gasteiger partial charge in [0.25, 0.3) is 10.2 Å². The number of hydrogen-bond donors (Lipinski definition) is 12. The third-order valence-corrected chi connectivity index (χ3v) is 25.6. The van der Waals surface area contributed by atoms with Crippen LogP contribution in [0.2, 0.25) is 0 Å². The van der Waals surface area contributed by atoms with Gasteiger partial charge in [-0.1, -0.05) is 177 Å². The molecule has 5 fully saturated rings. The number of aliphatic imine (C=N–C) groups is 1. The molecular weight excluding hydrogens is 1520 g/mol. The lowest BCUT2D eigenvalue weighted by molar-refractivity contribution is -0.760. The second-order valence-electron chi connectivity index (χ2n) is 39.1. The number of hydrogen-bond acceptors (Lipinski definition) is 18. The fourth-order valence-electron chi connectivity index (χ4n) is 14.7. The van der Waals surface area contributed by atoms with Crippen molar-refractivity contribution < 1.29 is 38.0 Å². The summed E-state index contributed by atoms with van der Waals surface area (Å²) in [6, 6.07) is 2.67. The van der Waals surface area contributed by atoms with Crippen LogP contribution in [-0.4, -0.2) is 210 Å². The van der Waals surface area contributed by atoms with Crippen molar-refractivity contribution in [1.29, 1.82) is 16.2 Å². The van der Waals surface area contributed by atoms with Crippen LogP contribution in [0.4, 0.5) is 0 Å². The standard InChI is InChI=1S/C16H30O4.C12H24N2O.C9H16N2S.C9H14N2.C9H15N2.C9H18N2.C8H19N3O2S.C7H16N2.C7H15N.C5H13N.CH3/c1-12(2)7-5-8-13(18)9-6-10-14(19)15(20)16(3,4)11-17;1-8(2)10-5-11(14-7-10)12(15)9-3-4-13-6-9;1-7(2)8-5-11(6-8)9-10-3-4-12-9;1-7(2)8-5-9-10-3-4-11(9)6-8;1-8(2)9-6-10-4-3-5-11(10)7-9;1-7(2)9-4-5-11(6-9)8(3)10;1-6(2)7-3-8(10-4-7)5-11-14(9,12)13;1-6(2)5-7(8)9(3)4;1-7(2)5-3-4-6-8;1-5(2)3-4-6;/h12,15,17,20H,5-11H2,1-4H3;8-15H,3-7H2,1-2H3;7-8H,3-6H2,1-2H3;3-4,7-8H,5-6H2,1-2H3;3-5,8-9H,6-7H2,1-2H3;7,9-10H,4-6H2,1-3H3;6-8,10-11H,3-5H2,1-2H3,(H2,9,12,13);6,8H,5H2,1-4H3;6-8H,3-5H2,1-2H3;5H,3-4,6H2,1-2H3;1H3/q;;;;+1;;;;;;-1/t15-;9-,10+,11+,12-;;8-;;9-;7-,8-;;;;/m11.1.00..../s1. The highest BCUT2D eigenvalue weighted by atomic mass is 32.2. The average Bonchev–Trinajstić information content (AvgIpc) is 1.40. The molecule has 9 atom stereocenters. The van der Waals surface area contributed by atoms with Crippen molar-refractivity contribution in [2.45, 2.75) is 306 Å². The number of fused-ring (bicyclic) bond motifs is 2. The predicted octanol–water partition coefficient (Wildman–Crippen LogP) is 14.4. The number of aliphatic hydroxyl groups excluding tert-OH is 3. The van der Waals surface area contributed by atoms with E-state index in [0.29, 0.717) is 67.3 Å². The van der Waals surface area contributed by atoms with Gasteiger partial charge in [-0.2, -0.15) is 13.1 Å². The summed E-state index contributed by atoms with van der Waals surface area (Å²) in [5, 5.41) is 67.0. The molecule has 8 aliphatic rings. The van der Waals surface area contributed by atoms with Gasteiger partial charge in [0.05, 0.1) is 43.7 Å². The molecule has 5 saturated heterocycles. The molecule has 14 N–H and O–H groups in total. The topological polar surface area (TPSA) is 349 Å². The number of carbonyl (C=O) groups excluding carboxylic acids is 2. The van der Waals surface area contributed by atoms with Crippen molar-refractivity contribution in [3.63, 3.8) is 0 Å². The minimum absolute atomic E-state index is 0. The van der Waals surface area contributed by atoms with Gasteiger partial charge >= 0.3 is 0 Å². The van der Waals surface area contributed by atoms with Crippen LogP contribution < -0.4 is 36.2 Å². The molecule has 0 saturated carbocycles. The summed E-state index contributed by atoms with van der Waals surface area (Å²) in [5.74, 6) is 16.4. The Bertz CT molecular complexity index is 3030. The van der Waals surface area contributed by atoms with Crippen LogP contribution in [0.15, 0.2) is 35.8 Å². The normalized spacial score (nSPS) is 21.6. The van der Waals surface area contributed by atoms with Crippen LogP contribution in [0.25, 0.3) is 0 Å². The predicted molar refractivity (Wildman–Crippen MR) is 500 cm³/mol. The SMILES string of the molecule is CC(=N)N1CC[C@H](C(C)C)C1.CC(C)C1CN(C2=NCCS2)C1.CC(C)C1Cn2ccc[n+]2C1.CC(C)CC(=N)N(C)C.CC(C)CCCC(=O)CCCC(=O)[C@@H](O)C(C)(C)CO.CC(C)CCCC=N.CC(C)CCN.CC(C)[C@@H]1CN[C@H](CNS(N)(=O)=O)C1.CC(C)[C@@H]1CN[C@H]([C@H](O)[C@@H]2CCNC2)C1.CC(C)[C@@H]1Cc2nccn2C1.[CH3-]. The first-order valence-electron chi connectivity index (χ1n) is 45.4. The molecule has 118 heavy (non-hydrogen) atoms. The zero-order chi connectivity index (χ0) is 88.9. The molecule has 10 heterocycles. The van der Waals surface area contributed by atoms with E-state index < -0.39 is 21.7 Å². The maximum Gasteiger partial charge on any atom is 0.274 e. The lowest BCUT2D eigenvalue weighted by Crippen LogP contribution is -2.50. The maximum atomic E-state index is 11.8. The number of imidazole rings is 1.